The maximum atomic E-state index is 13.2. The van der Waals surface area contributed by atoms with Crippen LogP contribution in [-0.4, -0.2) is 9.97 Å². The lowest BCUT2D eigenvalue weighted by molar-refractivity contribution is 0.629. The van der Waals surface area contributed by atoms with Crippen molar-refractivity contribution < 1.29 is 4.39 Å². The van der Waals surface area contributed by atoms with Gasteiger partial charge in [-0.1, -0.05) is 23.2 Å². The molecule has 88 valence electrons. The van der Waals surface area contributed by atoms with Gasteiger partial charge in [-0.05, 0) is 12.1 Å². The van der Waals surface area contributed by atoms with Crippen LogP contribution in [0.2, 0.25) is 10.0 Å². The minimum atomic E-state index is -0.652. The van der Waals surface area contributed by atoms with Gasteiger partial charge in [0.1, 0.15) is 18.0 Å². The molecule has 1 aromatic heterocycles. The zero-order valence-electron chi connectivity index (χ0n) is 8.42. The van der Waals surface area contributed by atoms with Crippen molar-refractivity contribution in [3.63, 3.8) is 0 Å². The Morgan fingerprint density at radius 3 is 2.35 bits per heavy atom. The van der Waals surface area contributed by atoms with Crippen molar-refractivity contribution in [1.82, 2.24) is 9.97 Å². The Labute approximate surface area is 107 Å². The van der Waals surface area contributed by atoms with Crippen LogP contribution in [-0.2, 0) is 0 Å². The third kappa shape index (κ3) is 2.75. The van der Waals surface area contributed by atoms with E-state index in [0.717, 1.165) is 0 Å². The van der Waals surface area contributed by atoms with Gasteiger partial charge in [-0.2, -0.15) is 0 Å². The van der Waals surface area contributed by atoms with E-state index in [0.29, 0.717) is 17.3 Å². The summed E-state index contributed by atoms with van der Waals surface area (Å²) in [6, 6.07) is 4.34. The van der Waals surface area contributed by atoms with Crippen molar-refractivity contribution in [3.05, 3.63) is 40.4 Å². The molecule has 7 heteroatoms. The number of nitrogens with zero attached hydrogens (tertiary/aromatic N) is 2. The lowest BCUT2D eigenvalue weighted by Gasteiger charge is -2.07. The van der Waals surface area contributed by atoms with Gasteiger partial charge in [0, 0.05) is 11.8 Å². The number of aromatic nitrogens is 2. The minimum Gasteiger partial charge on any atom is -0.384 e. The molecule has 1 heterocycles. The summed E-state index contributed by atoms with van der Waals surface area (Å²) in [6.07, 6.45) is 1.31. The van der Waals surface area contributed by atoms with Gasteiger partial charge in [-0.25, -0.2) is 14.4 Å². The van der Waals surface area contributed by atoms with Gasteiger partial charge in [0.15, 0.2) is 5.82 Å². The maximum Gasteiger partial charge on any atom is 0.160 e. The predicted molar refractivity (Wildman–Crippen MR) is 66.1 cm³/mol. The Kier molecular flexibility index (Phi) is 3.31. The first-order chi connectivity index (χ1) is 8.06. The van der Waals surface area contributed by atoms with E-state index in [-0.39, 0.29) is 10.0 Å². The van der Waals surface area contributed by atoms with Gasteiger partial charge >= 0.3 is 0 Å². The SMILES string of the molecule is Nc1cc(Nc2cc(Cl)c(F)c(Cl)c2)ncn1. The fourth-order valence-corrected chi connectivity index (χ4v) is 1.70. The second kappa shape index (κ2) is 4.73. The largest absolute Gasteiger partial charge is 0.384 e. The monoisotopic (exact) mass is 272 g/mol. The lowest BCUT2D eigenvalue weighted by Crippen LogP contribution is -1.97. The van der Waals surface area contributed by atoms with Crippen LogP contribution in [0.1, 0.15) is 0 Å². The summed E-state index contributed by atoms with van der Waals surface area (Å²) in [5.41, 5.74) is 6.01. The van der Waals surface area contributed by atoms with Crippen LogP contribution in [0.15, 0.2) is 24.5 Å². The average Bonchev–Trinajstić information content (AvgIpc) is 2.26. The molecule has 0 spiro atoms. The van der Waals surface area contributed by atoms with Gasteiger partial charge in [-0.3, -0.25) is 0 Å². The molecule has 0 bridgehead atoms. The van der Waals surface area contributed by atoms with E-state index in [1.54, 1.807) is 0 Å². The van der Waals surface area contributed by atoms with E-state index in [4.69, 9.17) is 28.9 Å². The van der Waals surface area contributed by atoms with E-state index >= 15 is 0 Å². The molecule has 0 amide bonds. The molecular formula is C10H7Cl2FN4. The summed E-state index contributed by atoms with van der Waals surface area (Å²) in [5.74, 6) is 0.138. The van der Waals surface area contributed by atoms with Crippen molar-refractivity contribution >= 4 is 40.5 Å². The molecule has 0 aliphatic rings. The molecule has 3 N–H and O–H groups in total. The molecule has 0 unspecified atom stereocenters. The van der Waals surface area contributed by atoms with Gasteiger partial charge < -0.3 is 11.1 Å². The van der Waals surface area contributed by atoms with Crippen molar-refractivity contribution in [2.75, 3.05) is 11.1 Å². The van der Waals surface area contributed by atoms with Gasteiger partial charge in [0.2, 0.25) is 0 Å². The summed E-state index contributed by atoms with van der Waals surface area (Å²) in [5, 5.41) is 2.75. The molecule has 0 radical (unpaired) electrons. The fourth-order valence-electron chi connectivity index (χ4n) is 1.22. The van der Waals surface area contributed by atoms with Crippen LogP contribution in [0.4, 0.5) is 21.7 Å². The fraction of sp³-hybridized carbons (Fsp3) is 0. The normalized spacial score (nSPS) is 10.3. The number of hydrogen-bond donors (Lipinski definition) is 2. The summed E-state index contributed by atoms with van der Waals surface area (Å²) < 4.78 is 13.2. The molecule has 0 saturated heterocycles. The zero-order valence-corrected chi connectivity index (χ0v) is 9.93. The standard InChI is InChI=1S/C10H7Cl2FN4/c11-6-1-5(2-7(12)10(6)13)17-9-3-8(14)15-4-16-9/h1-4H,(H3,14,15,16,17). The third-order valence-electron chi connectivity index (χ3n) is 1.94. The third-order valence-corrected chi connectivity index (χ3v) is 2.49. The van der Waals surface area contributed by atoms with Crippen LogP contribution in [0.25, 0.3) is 0 Å². The van der Waals surface area contributed by atoms with E-state index in [1.165, 1.54) is 24.5 Å². The molecule has 2 aromatic rings. The van der Waals surface area contributed by atoms with Crippen LogP contribution in [0.5, 0.6) is 0 Å². The zero-order chi connectivity index (χ0) is 12.4. The highest BCUT2D eigenvalue weighted by molar-refractivity contribution is 6.35. The van der Waals surface area contributed by atoms with Crippen LogP contribution in [0.3, 0.4) is 0 Å². The first-order valence-corrected chi connectivity index (χ1v) is 5.31. The van der Waals surface area contributed by atoms with E-state index in [1.807, 2.05) is 0 Å². The number of nitrogens with one attached hydrogen (secondary N) is 1. The molecule has 0 fully saturated rings. The summed E-state index contributed by atoms with van der Waals surface area (Å²) in [6.45, 7) is 0. The van der Waals surface area contributed by atoms with Gasteiger partial charge in [0.05, 0.1) is 10.0 Å². The van der Waals surface area contributed by atoms with Crippen molar-refractivity contribution in [2.45, 2.75) is 0 Å². The molecule has 2 rings (SSSR count). The molecule has 0 aliphatic heterocycles. The van der Waals surface area contributed by atoms with Crippen molar-refractivity contribution in [2.24, 2.45) is 0 Å². The highest BCUT2D eigenvalue weighted by Crippen LogP contribution is 2.28. The minimum absolute atomic E-state index is 0.0676. The molecular weight excluding hydrogens is 266 g/mol. The quantitative estimate of drug-likeness (QED) is 0.824. The molecule has 0 aliphatic carbocycles. The number of hydrogen-bond acceptors (Lipinski definition) is 4. The topological polar surface area (TPSA) is 63.8 Å². The van der Waals surface area contributed by atoms with Crippen LogP contribution in [0, 0.1) is 5.82 Å². The van der Waals surface area contributed by atoms with Crippen LogP contribution < -0.4 is 11.1 Å². The summed E-state index contributed by atoms with van der Waals surface area (Å²) >= 11 is 11.3. The number of nitrogen functional groups attached to an aromatic ring is 1. The van der Waals surface area contributed by atoms with Crippen molar-refractivity contribution in [3.8, 4) is 0 Å². The maximum absolute atomic E-state index is 13.2. The second-order valence-corrected chi connectivity index (χ2v) is 4.02. The molecule has 0 atom stereocenters. The first-order valence-electron chi connectivity index (χ1n) is 4.55. The number of anilines is 3. The summed E-state index contributed by atoms with van der Waals surface area (Å²) in [7, 11) is 0. The Balaban J connectivity index is 2.31. The highest BCUT2D eigenvalue weighted by Gasteiger charge is 2.08. The molecule has 17 heavy (non-hydrogen) atoms. The molecule has 4 nitrogen and oxygen atoms in total. The van der Waals surface area contributed by atoms with Gasteiger partial charge in [0.25, 0.3) is 0 Å². The lowest BCUT2D eigenvalue weighted by atomic mass is 10.3. The Morgan fingerprint density at radius 2 is 1.76 bits per heavy atom. The highest BCUT2D eigenvalue weighted by atomic mass is 35.5. The van der Waals surface area contributed by atoms with Crippen molar-refractivity contribution in [1.29, 1.82) is 0 Å². The predicted octanol–water partition coefficient (Wildman–Crippen LogP) is 3.25. The first kappa shape index (κ1) is 11.9. The van der Waals surface area contributed by atoms with Gasteiger partial charge in [-0.15, -0.1) is 0 Å². The number of rotatable bonds is 2. The smallest absolute Gasteiger partial charge is 0.160 e. The number of nitrogens with two attached hydrogens (primary N) is 1. The Morgan fingerprint density at radius 1 is 1.12 bits per heavy atom. The number of benzene rings is 1. The van der Waals surface area contributed by atoms with E-state index in [9.17, 15) is 4.39 Å². The molecule has 0 saturated carbocycles. The van der Waals surface area contributed by atoms with E-state index in [2.05, 4.69) is 15.3 Å². The average molecular weight is 273 g/mol. The van der Waals surface area contributed by atoms with Crippen LogP contribution >= 0.6 is 23.2 Å². The van der Waals surface area contributed by atoms with E-state index < -0.39 is 5.82 Å². The Hall–Kier alpha value is -1.59. The number of halogens is 3. The Bertz CT molecular complexity index is 539. The second-order valence-electron chi connectivity index (χ2n) is 3.21. The molecule has 1 aromatic carbocycles. The summed E-state index contributed by atoms with van der Waals surface area (Å²) in [4.78, 5) is 7.68.